The first-order valence-corrected chi connectivity index (χ1v) is 8.42. The van der Waals surface area contributed by atoms with Gasteiger partial charge < -0.3 is 20.4 Å². The third-order valence-corrected chi connectivity index (χ3v) is 4.23. The number of piperidine rings is 1. The van der Waals surface area contributed by atoms with E-state index in [1.54, 1.807) is 6.20 Å². The molecule has 2 amide bonds. The molecule has 132 valence electrons. The number of nitrogens with zero attached hydrogens (tertiary/aromatic N) is 3. The Bertz CT molecular complexity index is 527. The molecule has 1 aromatic heterocycles. The van der Waals surface area contributed by atoms with Crippen molar-refractivity contribution in [3.63, 3.8) is 0 Å². The summed E-state index contributed by atoms with van der Waals surface area (Å²) in [5, 5.41) is 5.37. The highest BCUT2D eigenvalue weighted by Crippen LogP contribution is 2.21. The summed E-state index contributed by atoms with van der Waals surface area (Å²) in [5.74, 6) is -0.676. The topological polar surface area (TPSA) is 77.6 Å². The van der Waals surface area contributed by atoms with E-state index in [1.165, 1.54) is 0 Å². The highest BCUT2D eigenvalue weighted by atomic mass is 16.2. The Labute approximate surface area is 143 Å². The number of hydrogen-bond acceptors (Lipinski definition) is 5. The van der Waals surface area contributed by atoms with Crippen LogP contribution in [0.5, 0.6) is 0 Å². The van der Waals surface area contributed by atoms with Gasteiger partial charge >= 0.3 is 11.8 Å². The molecule has 0 bridgehead atoms. The molecule has 0 aliphatic carbocycles. The molecule has 7 nitrogen and oxygen atoms in total. The molecule has 2 heterocycles. The maximum absolute atomic E-state index is 11.8. The van der Waals surface area contributed by atoms with Gasteiger partial charge in [-0.25, -0.2) is 0 Å². The molecule has 1 saturated heterocycles. The van der Waals surface area contributed by atoms with Gasteiger partial charge in [0.15, 0.2) is 0 Å². The number of carbonyl (C=O) groups excluding carboxylic acids is 2. The lowest BCUT2D eigenvalue weighted by Crippen LogP contribution is -2.45. The predicted octanol–water partition coefficient (Wildman–Crippen LogP) is 0.0920. The van der Waals surface area contributed by atoms with Gasteiger partial charge in [-0.1, -0.05) is 0 Å². The summed E-state index contributed by atoms with van der Waals surface area (Å²) in [6, 6.07) is 4.00. The minimum atomic E-state index is -0.551. The van der Waals surface area contributed by atoms with Crippen molar-refractivity contribution in [2.75, 3.05) is 51.7 Å². The van der Waals surface area contributed by atoms with Crippen LogP contribution in [0.15, 0.2) is 24.5 Å². The molecule has 0 saturated carbocycles. The summed E-state index contributed by atoms with van der Waals surface area (Å²) in [4.78, 5) is 31.9. The third kappa shape index (κ3) is 5.81. The summed E-state index contributed by atoms with van der Waals surface area (Å²) in [7, 11) is 3.84. The van der Waals surface area contributed by atoms with Crippen LogP contribution in [0.2, 0.25) is 0 Å². The van der Waals surface area contributed by atoms with E-state index < -0.39 is 11.8 Å². The first-order chi connectivity index (χ1) is 11.6. The smallest absolute Gasteiger partial charge is 0.309 e. The predicted molar refractivity (Wildman–Crippen MR) is 93.7 cm³/mol. The second-order valence-electron chi connectivity index (χ2n) is 6.41. The molecule has 0 aromatic carbocycles. The average molecular weight is 333 g/mol. The van der Waals surface area contributed by atoms with Gasteiger partial charge in [0.1, 0.15) is 0 Å². The number of nitrogens with one attached hydrogen (secondary N) is 2. The molecule has 2 rings (SSSR count). The number of amides is 2. The maximum atomic E-state index is 11.8. The summed E-state index contributed by atoms with van der Waals surface area (Å²) in [6.07, 6.45) is 5.64. The maximum Gasteiger partial charge on any atom is 0.309 e. The third-order valence-electron chi connectivity index (χ3n) is 4.23. The van der Waals surface area contributed by atoms with Crippen molar-refractivity contribution in [1.29, 1.82) is 0 Å². The summed E-state index contributed by atoms with van der Waals surface area (Å²) in [6.45, 7) is 3.64. The molecule has 1 aliphatic heterocycles. The molecule has 1 aliphatic rings. The minimum Gasteiger partial charge on any atom is -0.370 e. The Morgan fingerprint density at radius 2 is 1.96 bits per heavy atom. The summed E-state index contributed by atoms with van der Waals surface area (Å²) >= 11 is 0. The van der Waals surface area contributed by atoms with Crippen molar-refractivity contribution in [3.05, 3.63) is 24.5 Å². The fourth-order valence-electron chi connectivity index (χ4n) is 2.73. The number of anilines is 1. The van der Waals surface area contributed by atoms with Gasteiger partial charge in [0.2, 0.25) is 0 Å². The van der Waals surface area contributed by atoms with E-state index in [0.29, 0.717) is 25.6 Å². The number of pyridine rings is 1. The molecule has 1 aromatic rings. The molecule has 2 N–H and O–H groups in total. The van der Waals surface area contributed by atoms with Gasteiger partial charge in [-0.05, 0) is 45.0 Å². The zero-order valence-corrected chi connectivity index (χ0v) is 14.5. The number of likely N-dealkylation sites (N-methyl/N-ethyl adjacent to an activating group) is 1. The zero-order valence-electron chi connectivity index (χ0n) is 14.5. The molecule has 0 unspecified atom stereocenters. The number of rotatable bonds is 6. The lowest BCUT2D eigenvalue weighted by atomic mass is 9.96. The Kier molecular flexibility index (Phi) is 6.99. The minimum absolute atomic E-state index is 0.413. The van der Waals surface area contributed by atoms with Gasteiger partial charge in [0.05, 0.1) is 11.9 Å². The largest absolute Gasteiger partial charge is 0.370 e. The van der Waals surface area contributed by atoms with Crippen LogP contribution in [0.3, 0.4) is 0 Å². The molecule has 0 atom stereocenters. The fourth-order valence-corrected chi connectivity index (χ4v) is 2.73. The van der Waals surface area contributed by atoms with E-state index in [0.717, 1.165) is 31.6 Å². The highest BCUT2D eigenvalue weighted by Gasteiger charge is 2.21. The van der Waals surface area contributed by atoms with E-state index in [4.69, 9.17) is 0 Å². The van der Waals surface area contributed by atoms with Crippen molar-refractivity contribution < 1.29 is 9.59 Å². The molecule has 1 fully saturated rings. The van der Waals surface area contributed by atoms with E-state index in [2.05, 4.69) is 26.6 Å². The quantitative estimate of drug-likeness (QED) is 0.722. The van der Waals surface area contributed by atoms with Crippen molar-refractivity contribution in [1.82, 2.24) is 20.5 Å². The van der Waals surface area contributed by atoms with Gasteiger partial charge in [-0.2, -0.15) is 0 Å². The number of carbonyl (C=O) groups is 2. The Hall–Kier alpha value is -2.15. The van der Waals surface area contributed by atoms with E-state index >= 15 is 0 Å². The van der Waals surface area contributed by atoms with Gasteiger partial charge in [-0.3, -0.25) is 14.6 Å². The fraction of sp³-hybridized carbons (Fsp3) is 0.588. The standard InChI is InChI=1S/C17H27N5O2/c1-21(2)11-8-19-16(23)17(24)20-12-14-5-9-22(10-6-14)15-4-3-7-18-13-15/h3-4,7,13-14H,5-6,8-12H2,1-2H3,(H,19,23)(H,20,24). The Morgan fingerprint density at radius 3 is 2.58 bits per heavy atom. The molecule has 0 spiro atoms. The van der Waals surface area contributed by atoms with Crippen LogP contribution in [0.4, 0.5) is 5.69 Å². The van der Waals surface area contributed by atoms with Crippen LogP contribution in [-0.2, 0) is 9.59 Å². The lowest BCUT2D eigenvalue weighted by molar-refractivity contribution is -0.139. The van der Waals surface area contributed by atoms with Gasteiger partial charge in [0, 0.05) is 38.9 Å². The summed E-state index contributed by atoms with van der Waals surface area (Å²) in [5.41, 5.74) is 1.14. The van der Waals surface area contributed by atoms with Crippen molar-refractivity contribution in [2.45, 2.75) is 12.8 Å². The van der Waals surface area contributed by atoms with E-state index in [-0.39, 0.29) is 0 Å². The van der Waals surface area contributed by atoms with Crippen molar-refractivity contribution in [2.24, 2.45) is 5.92 Å². The van der Waals surface area contributed by atoms with Crippen LogP contribution < -0.4 is 15.5 Å². The Morgan fingerprint density at radius 1 is 1.25 bits per heavy atom. The zero-order chi connectivity index (χ0) is 17.4. The molecule has 7 heteroatoms. The highest BCUT2D eigenvalue weighted by molar-refractivity contribution is 6.35. The van der Waals surface area contributed by atoms with Gasteiger partial charge in [-0.15, -0.1) is 0 Å². The number of aromatic nitrogens is 1. The normalized spacial score (nSPS) is 15.4. The van der Waals surface area contributed by atoms with Crippen molar-refractivity contribution >= 4 is 17.5 Å². The SMILES string of the molecule is CN(C)CCNC(=O)C(=O)NCC1CCN(c2cccnc2)CC1. The molecular formula is C17H27N5O2. The van der Waals surface area contributed by atoms with Gasteiger partial charge in [0.25, 0.3) is 0 Å². The van der Waals surface area contributed by atoms with Crippen molar-refractivity contribution in [3.8, 4) is 0 Å². The number of hydrogen-bond donors (Lipinski definition) is 2. The molecule has 24 heavy (non-hydrogen) atoms. The molecule has 0 radical (unpaired) electrons. The first kappa shape index (κ1) is 18.2. The van der Waals surface area contributed by atoms with Crippen LogP contribution in [0.1, 0.15) is 12.8 Å². The van der Waals surface area contributed by atoms with E-state index in [9.17, 15) is 9.59 Å². The van der Waals surface area contributed by atoms with Crippen LogP contribution in [0, 0.1) is 5.92 Å². The van der Waals surface area contributed by atoms with Crippen LogP contribution >= 0.6 is 0 Å². The second-order valence-corrected chi connectivity index (χ2v) is 6.41. The second kappa shape index (κ2) is 9.22. The lowest BCUT2D eigenvalue weighted by Gasteiger charge is -2.33. The Balaban J connectivity index is 1.65. The van der Waals surface area contributed by atoms with Crippen LogP contribution in [-0.4, -0.2) is 68.5 Å². The van der Waals surface area contributed by atoms with Crippen LogP contribution in [0.25, 0.3) is 0 Å². The average Bonchev–Trinajstić information content (AvgIpc) is 2.60. The monoisotopic (exact) mass is 333 g/mol. The first-order valence-electron chi connectivity index (χ1n) is 8.42. The van der Waals surface area contributed by atoms with E-state index in [1.807, 2.05) is 31.3 Å². The molecular weight excluding hydrogens is 306 g/mol. The summed E-state index contributed by atoms with van der Waals surface area (Å²) < 4.78 is 0.